The first-order valence-electron chi connectivity index (χ1n) is 11.8. The monoisotopic (exact) mass is 384 g/mol. The molecule has 156 valence electrons. The van der Waals surface area contributed by atoms with Crippen LogP contribution in [0.2, 0.25) is 0 Å². The summed E-state index contributed by atoms with van der Waals surface area (Å²) in [5.74, 6) is 2.49. The molecule has 28 heavy (non-hydrogen) atoms. The van der Waals surface area contributed by atoms with Gasteiger partial charge in [-0.3, -0.25) is 4.79 Å². The number of hydrogen-bond donors (Lipinski definition) is 0. The number of esters is 1. The van der Waals surface area contributed by atoms with E-state index in [-0.39, 0.29) is 11.4 Å². The van der Waals surface area contributed by atoms with E-state index in [1.54, 1.807) is 5.56 Å². The number of hydrogen-bond acceptors (Lipinski definition) is 2. The van der Waals surface area contributed by atoms with Gasteiger partial charge in [0, 0.05) is 0 Å². The highest BCUT2D eigenvalue weighted by Crippen LogP contribution is 2.47. The van der Waals surface area contributed by atoms with Crippen LogP contribution in [-0.4, -0.2) is 12.6 Å². The van der Waals surface area contributed by atoms with Crippen LogP contribution in [-0.2, 0) is 16.0 Å². The minimum Gasteiger partial charge on any atom is -0.465 e. The molecule has 1 aromatic rings. The zero-order valence-corrected chi connectivity index (χ0v) is 18.3. The smallest absolute Gasteiger partial charge is 0.311 e. The van der Waals surface area contributed by atoms with E-state index in [9.17, 15) is 4.79 Å². The summed E-state index contributed by atoms with van der Waals surface area (Å²) in [5, 5.41) is 0. The first kappa shape index (κ1) is 21.4. The molecule has 0 spiro atoms. The van der Waals surface area contributed by atoms with Gasteiger partial charge >= 0.3 is 5.97 Å². The molecule has 2 fully saturated rings. The van der Waals surface area contributed by atoms with Gasteiger partial charge in [0.2, 0.25) is 0 Å². The molecule has 0 radical (unpaired) electrons. The maximum atomic E-state index is 12.4. The van der Waals surface area contributed by atoms with Crippen LogP contribution in [0.3, 0.4) is 0 Å². The van der Waals surface area contributed by atoms with Gasteiger partial charge < -0.3 is 4.74 Å². The summed E-state index contributed by atoms with van der Waals surface area (Å²) in [6.45, 7) is 7.00. The van der Waals surface area contributed by atoms with Gasteiger partial charge in [-0.05, 0) is 100 Å². The van der Waals surface area contributed by atoms with Gasteiger partial charge in [-0.15, -0.1) is 0 Å². The molecule has 0 bridgehead atoms. The van der Waals surface area contributed by atoms with Crippen LogP contribution in [0.5, 0.6) is 0 Å². The topological polar surface area (TPSA) is 26.3 Å². The average Bonchev–Trinajstić information content (AvgIpc) is 2.73. The number of rotatable bonds is 7. The maximum absolute atomic E-state index is 12.4. The Balaban J connectivity index is 1.46. The molecule has 3 rings (SSSR count). The highest BCUT2D eigenvalue weighted by molar-refractivity contribution is 5.76. The maximum Gasteiger partial charge on any atom is 0.311 e. The van der Waals surface area contributed by atoms with Crippen molar-refractivity contribution in [3.63, 3.8) is 0 Å². The molecule has 1 aromatic carbocycles. The molecule has 2 aliphatic rings. The van der Waals surface area contributed by atoms with Crippen LogP contribution in [0, 0.1) is 17.3 Å². The zero-order chi connectivity index (χ0) is 20.0. The molecule has 0 N–H and O–H groups in total. The summed E-state index contributed by atoms with van der Waals surface area (Å²) < 4.78 is 5.46. The summed E-state index contributed by atoms with van der Waals surface area (Å²) in [6, 6.07) is 9.43. The molecule has 0 heterocycles. The Morgan fingerprint density at radius 3 is 2.11 bits per heavy atom. The van der Waals surface area contributed by atoms with Gasteiger partial charge in [-0.2, -0.15) is 0 Å². The van der Waals surface area contributed by atoms with Crippen LogP contribution < -0.4 is 0 Å². The Morgan fingerprint density at radius 1 is 0.929 bits per heavy atom. The summed E-state index contributed by atoms with van der Waals surface area (Å²) in [7, 11) is 0. The third-order valence-corrected chi connectivity index (χ3v) is 7.49. The highest BCUT2D eigenvalue weighted by Gasteiger charge is 2.41. The molecule has 0 unspecified atom stereocenters. The fourth-order valence-electron chi connectivity index (χ4n) is 5.49. The van der Waals surface area contributed by atoms with Gasteiger partial charge in [-0.25, -0.2) is 0 Å². The van der Waals surface area contributed by atoms with E-state index in [2.05, 4.69) is 45.0 Å². The number of carbonyl (C=O) groups is 1. The molecule has 0 aromatic heterocycles. The summed E-state index contributed by atoms with van der Waals surface area (Å²) >= 11 is 0. The molecule has 0 amide bonds. The fraction of sp³-hybridized carbons (Fsp3) is 0.731. The second-order valence-corrected chi connectivity index (χ2v) is 9.64. The highest BCUT2D eigenvalue weighted by atomic mass is 16.5. The molecule has 2 heteroatoms. The molecule has 2 saturated carbocycles. The first-order valence-corrected chi connectivity index (χ1v) is 11.8. The quantitative estimate of drug-likeness (QED) is 0.470. The van der Waals surface area contributed by atoms with Crippen LogP contribution in [0.1, 0.15) is 102 Å². The standard InChI is InChI=1S/C26H40O2/c1-4-6-20-7-9-21(10-8-20)22-11-13-23(14-12-22)24-15-17-26(3,18-16-24)25(27)28-19-5-2/h7-10,22-24H,4-6,11-19H2,1-3H3. The SMILES string of the molecule is CCCOC(=O)C1(C)CCC(C2CCC(c3ccc(CCC)cc3)CC2)CC1. The van der Waals surface area contributed by atoms with Crippen molar-refractivity contribution in [3.05, 3.63) is 35.4 Å². The third-order valence-electron chi connectivity index (χ3n) is 7.49. The Kier molecular flexibility index (Phi) is 7.60. The molecule has 0 saturated heterocycles. The van der Waals surface area contributed by atoms with Crippen molar-refractivity contribution >= 4 is 5.97 Å². The van der Waals surface area contributed by atoms with Gasteiger partial charge in [0.25, 0.3) is 0 Å². The molecule has 0 atom stereocenters. The number of aryl methyl sites for hydroxylation is 1. The van der Waals surface area contributed by atoms with Gasteiger partial charge in [0.1, 0.15) is 0 Å². The van der Waals surface area contributed by atoms with Crippen LogP contribution >= 0.6 is 0 Å². The molecule has 0 aliphatic heterocycles. The van der Waals surface area contributed by atoms with E-state index in [0.717, 1.165) is 37.0 Å². The van der Waals surface area contributed by atoms with Crippen molar-refractivity contribution in [2.75, 3.05) is 6.61 Å². The Hall–Kier alpha value is -1.31. The Morgan fingerprint density at radius 2 is 1.54 bits per heavy atom. The van der Waals surface area contributed by atoms with E-state index >= 15 is 0 Å². The average molecular weight is 385 g/mol. The predicted octanol–water partition coefficient (Wildman–Crippen LogP) is 7.06. The Bertz CT molecular complexity index is 602. The molecule has 2 aliphatic carbocycles. The van der Waals surface area contributed by atoms with Gasteiger partial charge in [-0.1, -0.05) is 44.5 Å². The van der Waals surface area contributed by atoms with E-state index in [1.807, 2.05) is 0 Å². The second kappa shape index (κ2) is 9.94. The lowest BCUT2D eigenvalue weighted by Gasteiger charge is -2.41. The second-order valence-electron chi connectivity index (χ2n) is 9.64. The minimum absolute atomic E-state index is 0.0445. The minimum atomic E-state index is -0.233. The van der Waals surface area contributed by atoms with Crippen molar-refractivity contribution in [1.29, 1.82) is 0 Å². The molecular formula is C26H40O2. The van der Waals surface area contributed by atoms with E-state index in [4.69, 9.17) is 4.74 Å². The lowest BCUT2D eigenvalue weighted by atomic mass is 9.64. The Labute approximate surface area is 172 Å². The molecular weight excluding hydrogens is 344 g/mol. The summed E-state index contributed by atoms with van der Waals surface area (Å²) in [4.78, 5) is 12.4. The van der Waals surface area contributed by atoms with E-state index in [0.29, 0.717) is 6.61 Å². The van der Waals surface area contributed by atoms with E-state index in [1.165, 1.54) is 56.9 Å². The summed E-state index contributed by atoms with van der Waals surface area (Å²) in [5.41, 5.74) is 2.79. The number of benzene rings is 1. The van der Waals surface area contributed by atoms with Crippen LogP contribution in [0.25, 0.3) is 0 Å². The normalized spacial score (nSPS) is 30.8. The lowest BCUT2D eigenvalue weighted by Crippen LogP contribution is -2.36. The molecule has 2 nitrogen and oxygen atoms in total. The number of ether oxygens (including phenoxy) is 1. The van der Waals surface area contributed by atoms with E-state index < -0.39 is 0 Å². The van der Waals surface area contributed by atoms with Gasteiger partial charge in [0.05, 0.1) is 12.0 Å². The van der Waals surface area contributed by atoms with Crippen LogP contribution in [0.15, 0.2) is 24.3 Å². The largest absolute Gasteiger partial charge is 0.465 e. The first-order chi connectivity index (χ1) is 13.6. The van der Waals surface area contributed by atoms with Crippen molar-refractivity contribution in [3.8, 4) is 0 Å². The zero-order valence-electron chi connectivity index (χ0n) is 18.3. The number of carbonyl (C=O) groups excluding carboxylic acids is 1. The third kappa shape index (κ3) is 5.19. The van der Waals surface area contributed by atoms with Crippen molar-refractivity contribution in [1.82, 2.24) is 0 Å². The predicted molar refractivity (Wildman–Crippen MR) is 116 cm³/mol. The van der Waals surface area contributed by atoms with Crippen molar-refractivity contribution in [2.24, 2.45) is 17.3 Å². The fourth-order valence-corrected chi connectivity index (χ4v) is 5.49. The van der Waals surface area contributed by atoms with Crippen molar-refractivity contribution in [2.45, 2.75) is 97.3 Å². The van der Waals surface area contributed by atoms with Gasteiger partial charge in [0.15, 0.2) is 0 Å². The van der Waals surface area contributed by atoms with Crippen LogP contribution in [0.4, 0.5) is 0 Å². The van der Waals surface area contributed by atoms with Crippen molar-refractivity contribution < 1.29 is 9.53 Å². The summed E-state index contributed by atoms with van der Waals surface area (Å²) in [6.07, 6.45) is 13.2. The lowest BCUT2D eigenvalue weighted by molar-refractivity contribution is -0.157.